The average molecular weight is 420 g/mol. The Bertz CT molecular complexity index is 1040. The fraction of sp³-hybridized carbons (Fsp3) is 0.538. The van der Waals surface area contributed by atoms with E-state index in [0.717, 1.165) is 49.6 Å². The number of ether oxygens (including phenoxy) is 2. The second kappa shape index (κ2) is 6.17. The lowest BCUT2D eigenvalue weighted by atomic mass is 9.48. The van der Waals surface area contributed by atoms with E-state index in [1.807, 2.05) is 30.3 Å². The van der Waals surface area contributed by atoms with Crippen LogP contribution in [0.5, 0.6) is 17.2 Å². The zero-order valence-corrected chi connectivity index (χ0v) is 17.7. The highest BCUT2D eigenvalue weighted by Crippen LogP contribution is 2.65. The van der Waals surface area contributed by atoms with Crippen LogP contribution in [0.4, 0.5) is 0 Å². The second-order valence-electron chi connectivity index (χ2n) is 10.3. The van der Waals surface area contributed by atoms with E-state index in [-0.39, 0.29) is 24.0 Å². The van der Waals surface area contributed by atoms with E-state index in [4.69, 9.17) is 9.47 Å². The third-order valence-corrected chi connectivity index (χ3v) is 8.74. The summed E-state index contributed by atoms with van der Waals surface area (Å²) in [6, 6.07) is 13.8. The van der Waals surface area contributed by atoms with Crippen LogP contribution in [0.3, 0.4) is 0 Å². The summed E-state index contributed by atoms with van der Waals surface area (Å²) in [6.45, 7) is 2.06. The molecule has 0 amide bonds. The van der Waals surface area contributed by atoms with Gasteiger partial charge in [0, 0.05) is 18.2 Å². The van der Waals surface area contributed by atoms with Crippen molar-refractivity contribution in [3.8, 4) is 17.2 Å². The number of phenols is 1. The summed E-state index contributed by atoms with van der Waals surface area (Å²) >= 11 is 0. The Morgan fingerprint density at radius 2 is 1.90 bits per heavy atom. The number of rotatable bonds is 4. The summed E-state index contributed by atoms with van der Waals surface area (Å²) < 4.78 is 13.0. The number of hydrogen-bond acceptors (Lipinski definition) is 5. The standard InChI is InChI=1S/C26H29NO4/c28-19-9-8-17-14-21-26(29)11-10-20(30-18-4-2-1-3-5-18)24-25(26,22(17)23(19)31-24)12-13-27(21)15-16-6-7-16/h1-5,8-9,16,20-21,24,28-29H,6-7,10-15H2/t20?,21-,24+,25+,26-/m1/s1. The highest BCUT2D eigenvalue weighted by molar-refractivity contribution is 5.62. The Kier molecular flexibility index (Phi) is 3.65. The summed E-state index contributed by atoms with van der Waals surface area (Å²) in [5.41, 5.74) is 0.916. The highest BCUT2D eigenvalue weighted by Gasteiger charge is 2.73. The molecule has 5 atom stereocenters. The van der Waals surface area contributed by atoms with Crippen molar-refractivity contribution in [3.05, 3.63) is 53.6 Å². The van der Waals surface area contributed by atoms with Crippen molar-refractivity contribution >= 4 is 0 Å². The van der Waals surface area contributed by atoms with E-state index in [9.17, 15) is 10.2 Å². The number of piperidine rings is 1. The van der Waals surface area contributed by atoms with Crippen LogP contribution in [-0.4, -0.2) is 52.1 Å². The van der Waals surface area contributed by atoms with Crippen LogP contribution in [0.2, 0.25) is 0 Å². The van der Waals surface area contributed by atoms with Crippen molar-refractivity contribution < 1.29 is 19.7 Å². The highest BCUT2D eigenvalue weighted by atomic mass is 16.6. The smallest absolute Gasteiger partial charge is 0.165 e. The first-order valence-electron chi connectivity index (χ1n) is 11.8. The van der Waals surface area contributed by atoms with Gasteiger partial charge in [-0.1, -0.05) is 24.3 Å². The van der Waals surface area contributed by atoms with Crippen LogP contribution >= 0.6 is 0 Å². The molecule has 31 heavy (non-hydrogen) atoms. The van der Waals surface area contributed by atoms with E-state index >= 15 is 0 Å². The van der Waals surface area contributed by atoms with Crippen molar-refractivity contribution in [2.24, 2.45) is 5.92 Å². The zero-order valence-electron chi connectivity index (χ0n) is 17.7. The second-order valence-corrected chi connectivity index (χ2v) is 10.3. The fourth-order valence-electron chi connectivity index (χ4n) is 7.23. The SMILES string of the molecule is Oc1ccc2c3c1O[C@H]1C(Oc4ccccc4)CC[C@@]4(O)[C@@H](C2)N(CC2CC2)CC[C@]314. The summed E-state index contributed by atoms with van der Waals surface area (Å²) in [4.78, 5) is 2.56. The summed E-state index contributed by atoms with van der Waals surface area (Å²) in [5, 5.41) is 23.1. The summed E-state index contributed by atoms with van der Waals surface area (Å²) in [5.74, 6) is 2.39. The first-order valence-corrected chi connectivity index (χ1v) is 11.8. The number of hydrogen-bond donors (Lipinski definition) is 2. The van der Waals surface area contributed by atoms with Gasteiger partial charge in [-0.05, 0) is 74.8 Å². The van der Waals surface area contributed by atoms with E-state index in [2.05, 4.69) is 11.0 Å². The Morgan fingerprint density at radius 3 is 2.71 bits per heavy atom. The van der Waals surface area contributed by atoms with Gasteiger partial charge in [0.2, 0.25) is 0 Å². The Labute approximate surface area is 182 Å². The molecule has 3 fully saturated rings. The largest absolute Gasteiger partial charge is 0.504 e. The predicted octanol–water partition coefficient (Wildman–Crippen LogP) is 3.40. The molecule has 0 radical (unpaired) electrons. The van der Waals surface area contributed by atoms with Gasteiger partial charge in [-0.2, -0.15) is 0 Å². The van der Waals surface area contributed by atoms with Crippen LogP contribution in [0.25, 0.3) is 0 Å². The zero-order chi connectivity index (χ0) is 20.8. The van der Waals surface area contributed by atoms with Gasteiger partial charge in [0.15, 0.2) is 11.5 Å². The van der Waals surface area contributed by atoms with Crippen LogP contribution in [0.1, 0.15) is 43.2 Å². The number of phenolic OH excluding ortho intramolecular Hbond substituents is 1. The van der Waals surface area contributed by atoms with Gasteiger partial charge in [-0.15, -0.1) is 0 Å². The van der Waals surface area contributed by atoms with Crippen molar-refractivity contribution in [2.45, 2.75) is 67.8 Å². The molecule has 5 nitrogen and oxygen atoms in total. The number of benzene rings is 2. The molecule has 1 unspecified atom stereocenters. The molecule has 2 aromatic rings. The molecule has 2 saturated carbocycles. The monoisotopic (exact) mass is 419 g/mol. The maximum absolute atomic E-state index is 12.4. The van der Waals surface area contributed by atoms with Gasteiger partial charge >= 0.3 is 0 Å². The maximum atomic E-state index is 12.4. The minimum Gasteiger partial charge on any atom is -0.504 e. The topological polar surface area (TPSA) is 62.2 Å². The van der Waals surface area contributed by atoms with Crippen molar-refractivity contribution in [3.63, 3.8) is 0 Å². The van der Waals surface area contributed by atoms with Crippen molar-refractivity contribution in [2.75, 3.05) is 13.1 Å². The van der Waals surface area contributed by atoms with E-state index < -0.39 is 11.0 Å². The molecule has 162 valence electrons. The molecular formula is C26H29NO4. The Balaban J connectivity index is 1.35. The van der Waals surface area contributed by atoms with Gasteiger partial charge in [0.05, 0.1) is 11.0 Å². The van der Waals surface area contributed by atoms with E-state index in [1.54, 1.807) is 6.07 Å². The lowest BCUT2D eigenvalue weighted by Gasteiger charge is -2.64. The van der Waals surface area contributed by atoms with Gasteiger partial charge < -0.3 is 19.7 Å². The molecule has 2 N–H and O–H groups in total. The summed E-state index contributed by atoms with van der Waals surface area (Å²) in [7, 11) is 0. The molecular weight excluding hydrogens is 390 g/mol. The molecule has 1 spiro atoms. The summed E-state index contributed by atoms with van der Waals surface area (Å²) in [6.07, 6.45) is 5.31. The third kappa shape index (κ3) is 2.34. The van der Waals surface area contributed by atoms with Gasteiger partial charge in [0.1, 0.15) is 18.0 Å². The lowest BCUT2D eigenvalue weighted by Crippen LogP contribution is -2.77. The van der Waals surface area contributed by atoms with Gasteiger partial charge in [0.25, 0.3) is 0 Å². The van der Waals surface area contributed by atoms with Crippen molar-refractivity contribution in [1.82, 2.24) is 4.90 Å². The molecule has 5 aliphatic rings. The minimum absolute atomic E-state index is 0.105. The van der Waals surface area contributed by atoms with Crippen LogP contribution in [0.15, 0.2) is 42.5 Å². The number of aromatic hydroxyl groups is 1. The minimum atomic E-state index is -0.854. The number of likely N-dealkylation sites (tertiary alicyclic amines) is 1. The number of para-hydroxylation sites is 1. The first-order chi connectivity index (χ1) is 15.1. The molecule has 0 aromatic heterocycles. The Hall–Kier alpha value is -2.24. The van der Waals surface area contributed by atoms with Gasteiger partial charge in [-0.25, -0.2) is 0 Å². The lowest BCUT2D eigenvalue weighted by molar-refractivity contribution is -0.204. The molecule has 5 heteroatoms. The molecule has 1 saturated heterocycles. The third-order valence-electron chi connectivity index (χ3n) is 8.74. The number of nitrogens with zero attached hydrogens (tertiary/aromatic N) is 1. The first kappa shape index (κ1) is 18.3. The van der Waals surface area contributed by atoms with E-state index in [1.165, 1.54) is 18.4 Å². The molecule has 2 aromatic carbocycles. The molecule has 3 aliphatic carbocycles. The van der Waals surface area contributed by atoms with Crippen LogP contribution in [0, 0.1) is 5.92 Å². The molecule has 2 bridgehead atoms. The number of aliphatic hydroxyl groups is 1. The Morgan fingerprint density at radius 1 is 1.06 bits per heavy atom. The van der Waals surface area contributed by atoms with Gasteiger partial charge in [-0.3, -0.25) is 4.90 Å². The quantitative estimate of drug-likeness (QED) is 0.795. The fourth-order valence-corrected chi connectivity index (χ4v) is 7.23. The average Bonchev–Trinajstić information content (AvgIpc) is 3.51. The normalized spacial score (nSPS) is 37.8. The van der Waals surface area contributed by atoms with E-state index in [0.29, 0.717) is 12.2 Å². The van der Waals surface area contributed by atoms with Crippen LogP contribution < -0.4 is 9.47 Å². The van der Waals surface area contributed by atoms with Crippen molar-refractivity contribution in [1.29, 1.82) is 0 Å². The predicted molar refractivity (Wildman–Crippen MR) is 116 cm³/mol. The maximum Gasteiger partial charge on any atom is 0.165 e. The van der Waals surface area contributed by atoms with Crippen LogP contribution in [-0.2, 0) is 11.8 Å². The molecule has 2 aliphatic heterocycles. The molecule has 2 heterocycles. The molecule has 7 rings (SSSR count).